The summed E-state index contributed by atoms with van der Waals surface area (Å²) >= 11 is 0. The fourth-order valence-corrected chi connectivity index (χ4v) is 5.38. The maximum atomic E-state index is 11.3. The van der Waals surface area contributed by atoms with Crippen LogP contribution in [0.25, 0.3) is 0 Å². The van der Waals surface area contributed by atoms with E-state index >= 15 is 0 Å². The summed E-state index contributed by atoms with van der Waals surface area (Å²) in [6.07, 6.45) is 10.2. The van der Waals surface area contributed by atoms with Crippen LogP contribution >= 0.6 is 0 Å². The van der Waals surface area contributed by atoms with Crippen molar-refractivity contribution in [3.05, 3.63) is 0 Å². The van der Waals surface area contributed by atoms with E-state index < -0.39 is 5.60 Å². The maximum Gasteiger partial charge on any atom is 0.0928 e. The molecule has 0 saturated carbocycles. The van der Waals surface area contributed by atoms with Crippen molar-refractivity contribution in [3.63, 3.8) is 0 Å². The smallest absolute Gasteiger partial charge is 0.0928 e. The molecule has 4 fully saturated rings. The quantitative estimate of drug-likeness (QED) is 0.856. The zero-order valence-electron chi connectivity index (χ0n) is 14.1. The number of aliphatic hydroxyl groups is 1. The number of fused-ring (bicyclic) bond motifs is 1. The van der Waals surface area contributed by atoms with Crippen LogP contribution in [0.2, 0.25) is 0 Å². The van der Waals surface area contributed by atoms with E-state index in [1.165, 1.54) is 84.2 Å². The molecule has 126 valence electrons. The Balaban J connectivity index is 1.31. The molecule has 2 atom stereocenters. The first-order valence-electron chi connectivity index (χ1n) is 9.67. The van der Waals surface area contributed by atoms with Crippen LogP contribution in [0.3, 0.4) is 0 Å². The molecule has 0 spiro atoms. The Bertz CT molecular complexity index is 377. The van der Waals surface area contributed by atoms with E-state index in [4.69, 9.17) is 0 Å². The van der Waals surface area contributed by atoms with Gasteiger partial charge in [-0.3, -0.25) is 14.7 Å². The van der Waals surface area contributed by atoms with Crippen LogP contribution in [-0.2, 0) is 0 Å². The zero-order valence-corrected chi connectivity index (χ0v) is 14.1. The van der Waals surface area contributed by atoms with Crippen LogP contribution in [0, 0.1) is 0 Å². The molecular weight excluding hydrogens is 274 g/mol. The average molecular weight is 307 g/mol. The highest BCUT2D eigenvalue weighted by Crippen LogP contribution is 2.35. The summed E-state index contributed by atoms with van der Waals surface area (Å²) in [5, 5.41) is 11.3. The number of piperidine rings is 3. The molecule has 4 heteroatoms. The number of hydrogen-bond donors (Lipinski definition) is 1. The van der Waals surface area contributed by atoms with Crippen LogP contribution in [0.4, 0.5) is 0 Å². The van der Waals surface area contributed by atoms with E-state index in [2.05, 4.69) is 14.7 Å². The van der Waals surface area contributed by atoms with E-state index in [9.17, 15) is 5.11 Å². The van der Waals surface area contributed by atoms with Crippen molar-refractivity contribution in [1.29, 1.82) is 0 Å². The highest BCUT2D eigenvalue weighted by atomic mass is 16.3. The number of β-amino-alcohol motifs (C(OH)–C–C–N with tert-alkyl or cyclic N) is 1. The first kappa shape index (κ1) is 15.4. The third kappa shape index (κ3) is 2.95. The van der Waals surface area contributed by atoms with Crippen LogP contribution < -0.4 is 0 Å². The topological polar surface area (TPSA) is 30.0 Å². The third-order valence-corrected chi connectivity index (χ3v) is 6.63. The minimum absolute atomic E-state index is 0.434. The molecule has 22 heavy (non-hydrogen) atoms. The predicted octanol–water partition coefficient (Wildman–Crippen LogP) is 1.54. The summed E-state index contributed by atoms with van der Waals surface area (Å²) in [6, 6.07) is 1.21. The second-order valence-corrected chi connectivity index (χ2v) is 8.20. The molecular formula is C18H33N3O. The Morgan fingerprint density at radius 1 is 0.818 bits per heavy atom. The average Bonchev–Trinajstić information content (AvgIpc) is 2.52. The molecule has 0 bridgehead atoms. The van der Waals surface area contributed by atoms with E-state index in [1.54, 1.807) is 0 Å². The van der Waals surface area contributed by atoms with Gasteiger partial charge in [-0.05, 0) is 64.7 Å². The van der Waals surface area contributed by atoms with Gasteiger partial charge in [0.25, 0.3) is 0 Å². The Hall–Kier alpha value is -0.160. The molecule has 4 saturated heterocycles. The SMILES string of the molecule is O[C@@]1(CN2CC(N3CCCCC3)C2)CCCN2CCCC[C@@H]21. The molecule has 4 aliphatic heterocycles. The molecule has 4 rings (SSSR count). The lowest BCUT2D eigenvalue weighted by atomic mass is 9.78. The minimum Gasteiger partial charge on any atom is -0.387 e. The first-order chi connectivity index (χ1) is 10.7. The van der Waals surface area contributed by atoms with Crippen molar-refractivity contribution in [1.82, 2.24) is 14.7 Å². The van der Waals surface area contributed by atoms with E-state index in [0.29, 0.717) is 6.04 Å². The molecule has 4 heterocycles. The van der Waals surface area contributed by atoms with E-state index in [-0.39, 0.29) is 0 Å². The Kier molecular flexibility index (Phi) is 4.46. The van der Waals surface area contributed by atoms with Gasteiger partial charge < -0.3 is 5.11 Å². The van der Waals surface area contributed by atoms with Gasteiger partial charge in [0, 0.05) is 31.7 Å². The van der Waals surface area contributed by atoms with Gasteiger partial charge in [-0.15, -0.1) is 0 Å². The molecule has 0 aromatic rings. The fraction of sp³-hybridized carbons (Fsp3) is 1.00. The second kappa shape index (κ2) is 6.39. The molecule has 0 aromatic heterocycles. The molecule has 0 amide bonds. The summed E-state index contributed by atoms with van der Waals surface area (Å²) in [4.78, 5) is 7.80. The third-order valence-electron chi connectivity index (χ3n) is 6.63. The highest BCUT2D eigenvalue weighted by Gasteiger charge is 2.46. The lowest BCUT2D eigenvalue weighted by Crippen LogP contribution is -2.67. The number of nitrogens with zero attached hydrogens (tertiary/aromatic N) is 3. The van der Waals surface area contributed by atoms with Crippen molar-refractivity contribution in [2.75, 3.05) is 45.8 Å². The predicted molar refractivity (Wildman–Crippen MR) is 89.0 cm³/mol. The van der Waals surface area contributed by atoms with Gasteiger partial charge in [0.15, 0.2) is 0 Å². The summed E-state index contributed by atoms with van der Waals surface area (Å²) in [5.41, 5.74) is -0.439. The molecule has 0 aromatic carbocycles. The van der Waals surface area contributed by atoms with Gasteiger partial charge >= 0.3 is 0 Å². The molecule has 0 aliphatic carbocycles. The monoisotopic (exact) mass is 307 g/mol. The Morgan fingerprint density at radius 2 is 1.50 bits per heavy atom. The normalized spacial score (nSPS) is 39.4. The van der Waals surface area contributed by atoms with Crippen LogP contribution in [-0.4, -0.2) is 83.3 Å². The highest BCUT2D eigenvalue weighted by molar-refractivity contribution is 5.02. The minimum atomic E-state index is -0.439. The van der Waals surface area contributed by atoms with Crippen molar-refractivity contribution >= 4 is 0 Å². The van der Waals surface area contributed by atoms with E-state index in [1.807, 2.05) is 0 Å². The van der Waals surface area contributed by atoms with E-state index in [0.717, 1.165) is 19.0 Å². The molecule has 0 unspecified atom stereocenters. The summed E-state index contributed by atoms with van der Waals surface area (Å²) in [7, 11) is 0. The zero-order chi connectivity index (χ0) is 15.0. The summed E-state index contributed by atoms with van der Waals surface area (Å²) in [5.74, 6) is 0. The van der Waals surface area contributed by atoms with Crippen LogP contribution in [0.5, 0.6) is 0 Å². The second-order valence-electron chi connectivity index (χ2n) is 8.20. The van der Waals surface area contributed by atoms with Crippen LogP contribution in [0.15, 0.2) is 0 Å². The van der Waals surface area contributed by atoms with Gasteiger partial charge in [-0.25, -0.2) is 0 Å². The largest absolute Gasteiger partial charge is 0.387 e. The maximum absolute atomic E-state index is 11.3. The van der Waals surface area contributed by atoms with Crippen molar-refractivity contribution in [2.45, 2.75) is 69.1 Å². The van der Waals surface area contributed by atoms with Gasteiger partial charge in [0.1, 0.15) is 0 Å². The Labute approximate surface area is 135 Å². The number of hydrogen-bond acceptors (Lipinski definition) is 4. The van der Waals surface area contributed by atoms with Crippen molar-refractivity contribution in [2.24, 2.45) is 0 Å². The lowest BCUT2D eigenvalue weighted by Gasteiger charge is -2.54. The Morgan fingerprint density at radius 3 is 2.32 bits per heavy atom. The molecule has 0 radical (unpaired) electrons. The first-order valence-corrected chi connectivity index (χ1v) is 9.67. The van der Waals surface area contributed by atoms with Crippen LogP contribution in [0.1, 0.15) is 51.4 Å². The number of rotatable bonds is 3. The van der Waals surface area contributed by atoms with Gasteiger partial charge in [0.05, 0.1) is 5.60 Å². The van der Waals surface area contributed by atoms with Gasteiger partial charge in [-0.1, -0.05) is 12.8 Å². The van der Waals surface area contributed by atoms with Crippen molar-refractivity contribution in [3.8, 4) is 0 Å². The molecule has 1 N–H and O–H groups in total. The molecule has 4 aliphatic rings. The molecule has 4 nitrogen and oxygen atoms in total. The fourth-order valence-electron chi connectivity index (χ4n) is 5.38. The summed E-state index contributed by atoms with van der Waals surface area (Å²) < 4.78 is 0. The van der Waals surface area contributed by atoms with Gasteiger partial charge in [-0.2, -0.15) is 0 Å². The lowest BCUT2D eigenvalue weighted by molar-refractivity contribution is -0.124. The van der Waals surface area contributed by atoms with Gasteiger partial charge in [0.2, 0.25) is 0 Å². The van der Waals surface area contributed by atoms with Crippen molar-refractivity contribution < 1.29 is 5.11 Å². The number of likely N-dealkylation sites (tertiary alicyclic amines) is 2. The summed E-state index contributed by atoms with van der Waals surface area (Å²) in [6.45, 7) is 8.33. The standard InChI is InChI=1S/C18H33N3O/c22-18(8-6-12-21-11-5-2-7-17(18)21)15-19-13-16(14-19)20-9-3-1-4-10-20/h16-17,22H,1-15H2/t17-,18-/m1/s1.